The normalized spacial score (nSPS) is 11.9. The number of nitrogens with one attached hydrogen (secondary N) is 1. The first-order chi connectivity index (χ1) is 11.6. The SMILES string of the molecule is C[C@@H](C(=O)NCc1cccs1)n1nc(-c2ccccc2)ccc1=O. The number of aromatic nitrogens is 2. The number of rotatable bonds is 5. The molecule has 122 valence electrons. The minimum atomic E-state index is -0.680. The van der Waals surface area contributed by atoms with Crippen molar-refractivity contribution in [1.82, 2.24) is 15.1 Å². The summed E-state index contributed by atoms with van der Waals surface area (Å²) in [6.45, 7) is 2.13. The van der Waals surface area contributed by atoms with E-state index in [0.717, 1.165) is 10.4 Å². The third-order valence-corrected chi connectivity index (χ3v) is 4.53. The van der Waals surface area contributed by atoms with Crippen LogP contribution in [0.2, 0.25) is 0 Å². The molecule has 3 aromatic rings. The molecule has 0 saturated carbocycles. The summed E-state index contributed by atoms with van der Waals surface area (Å²) in [5, 5.41) is 9.15. The standard InChI is InChI=1S/C18H17N3O2S/c1-13(18(23)19-12-15-8-5-11-24-15)21-17(22)10-9-16(20-21)14-6-3-2-4-7-14/h2-11,13H,12H2,1H3,(H,19,23)/t13-/m0/s1. The summed E-state index contributed by atoms with van der Waals surface area (Å²) in [5.41, 5.74) is 1.26. The van der Waals surface area contributed by atoms with Crippen molar-refractivity contribution in [2.75, 3.05) is 0 Å². The van der Waals surface area contributed by atoms with Crippen LogP contribution in [0.4, 0.5) is 0 Å². The van der Waals surface area contributed by atoms with E-state index in [1.54, 1.807) is 24.3 Å². The highest BCUT2D eigenvalue weighted by Crippen LogP contribution is 2.15. The lowest BCUT2D eigenvalue weighted by molar-refractivity contribution is -0.124. The van der Waals surface area contributed by atoms with E-state index in [9.17, 15) is 9.59 Å². The Morgan fingerprint density at radius 1 is 1.17 bits per heavy atom. The molecule has 1 aromatic carbocycles. The molecule has 1 amide bonds. The average Bonchev–Trinajstić information content (AvgIpc) is 3.14. The summed E-state index contributed by atoms with van der Waals surface area (Å²) < 4.78 is 1.23. The zero-order chi connectivity index (χ0) is 16.9. The Hall–Kier alpha value is -2.73. The number of hydrogen-bond acceptors (Lipinski definition) is 4. The molecule has 1 atom stereocenters. The number of carbonyl (C=O) groups excluding carboxylic acids is 1. The van der Waals surface area contributed by atoms with Crippen molar-refractivity contribution in [1.29, 1.82) is 0 Å². The van der Waals surface area contributed by atoms with E-state index in [1.807, 2.05) is 47.8 Å². The molecule has 0 bridgehead atoms. The Morgan fingerprint density at radius 2 is 1.96 bits per heavy atom. The van der Waals surface area contributed by atoms with Crippen molar-refractivity contribution in [2.24, 2.45) is 0 Å². The van der Waals surface area contributed by atoms with Gasteiger partial charge in [0.2, 0.25) is 5.91 Å². The van der Waals surface area contributed by atoms with Crippen molar-refractivity contribution < 1.29 is 4.79 Å². The van der Waals surface area contributed by atoms with Gasteiger partial charge >= 0.3 is 0 Å². The Balaban J connectivity index is 1.80. The van der Waals surface area contributed by atoms with Gasteiger partial charge in [-0.3, -0.25) is 9.59 Å². The number of hydrogen-bond donors (Lipinski definition) is 1. The Morgan fingerprint density at radius 3 is 2.67 bits per heavy atom. The van der Waals surface area contributed by atoms with Gasteiger partial charge in [-0.05, 0) is 24.4 Å². The maximum atomic E-state index is 12.3. The van der Waals surface area contributed by atoms with E-state index in [2.05, 4.69) is 10.4 Å². The summed E-state index contributed by atoms with van der Waals surface area (Å²) >= 11 is 1.58. The van der Waals surface area contributed by atoms with Gasteiger partial charge in [0.15, 0.2) is 0 Å². The molecule has 1 N–H and O–H groups in total. The van der Waals surface area contributed by atoms with Gasteiger partial charge in [0, 0.05) is 16.5 Å². The highest BCUT2D eigenvalue weighted by atomic mass is 32.1. The number of thiophene rings is 1. The summed E-state index contributed by atoms with van der Waals surface area (Å²) in [7, 11) is 0. The summed E-state index contributed by atoms with van der Waals surface area (Å²) in [6.07, 6.45) is 0. The van der Waals surface area contributed by atoms with Gasteiger partial charge in [0.1, 0.15) is 6.04 Å². The lowest BCUT2D eigenvalue weighted by Gasteiger charge is -2.14. The lowest BCUT2D eigenvalue weighted by Crippen LogP contribution is -2.36. The molecular formula is C18H17N3O2S. The predicted octanol–water partition coefficient (Wildman–Crippen LogP) is 2.85. The largest absolute Gasteiger partial charge is 0.349 e. The fourth-order valence-corrected chi connectivity index (χ4v) is 2.96. The fourth-order valence-electron chi connectivity index (χ4n) is 2.31. The third-order valence-electron chi connectivity index (χ3n) is 3.66. The summed E-state index contributed by atoms with van der Waals surface area (Å²) in [4.78, 5) is 25.5. The highest BCUT2D eigenvalue weighted by Gasteiger charge is 2.17. The van der Waals surface area contributed by atoms with Crippen LogP contribution < -0.4 is 10.9 Å². The van der Waals surface area contributed by atoms with Gasteiger partial charge in [-0.25, -0.2) is 4.68 Å². The van der Waals surface area contributed by atoms with Crippen LogP contribution in [0.3, 0.4) is 0 Å². The average molecular weight is 339 g/mol. The van der Waals surface area contributed by atoms with Crippen LogP contribution in [0.25, 0.3) is 11.3 Å². The monoisotopic (exact) mass is 339 g/mol. The quantitative estimate of drug-likeness (QED) is 0.777. The predicted molar refractivity (Wildman–Crippen MR) is 94.8 cm³/mol. The molecule has 2 aromatic heterocycles. The molecular weight excluding hydrogens is 322 g/mol. The highest BCUT2D eigenvalue weighted by molar-refractivity contribution is 7.09. The molecule has 5 nitrogen and oxygen atoms in total. The molecule has 0 saturated heterocycles. The van der Waals surface area contributed by atoms with Gasteiger partial charge in [0.25, 0.3) is 5.56 Å². The van der Waals surface area contributed by atoms with Crippen molar-refractivity contribution >= 4 is 17.2 Å². The molecule has 0 spiro atoms. The van der Waals surface area contributed by atoms with Gasteiger partial charge < -0.3 is 5.32 Å². The zero-order valence-electron chi connectivity index (χ0n) is 13.2. The number of benzene rings is 1. The van der Waals surface area contributed by atoms with Crippen LogP contribution in [0.5, 0.6) is 0 Å². The first-order valence-electron chi connectivity index (χ1n) is 7.60. The van der Waals surface area contributed by atoms with Gasteiger partial charge in [0.05, 0.1) is 12.2 Å². The van der Waals surface area contributed by atoms with Crippen molar-refractivity contribution in [3.05, 3.63) is 75.2 Å². The zero-order valence-corrected chi connectivity index (χ0v) is 14.0. The van der Waals surface area contributed by atoms with Crippen LogP contribution in [0.1, 0.15) is 17.8 Å². The Kier molecular flexibility index (Phi) is 4.86. The van der Waals surface area contributed by atoms with Crippen LogP contribution in [-0.2, 0) is 11.3 Å². The molecule has 0 aliphatic carbocycles. The van der Waals surface area contributed by atoms with Gasteiger partial charge in [-0.1, -0.05) is 36.4 Å². The van der Waals surface area contributed by atoms with Crippen molar-refractivity contribution in [3.8, 4) is 11.3 Å². The maximum absolute atomic E-state index is 12.3. The second-order valence-electron chi connectivity index (χ2n) is 5.34. The fraction of sp³-hybridized carbons (Fsp3) is 0.167. The van der Waals surface area contributed by atoms with E-state index in [0.29, 0.717) is 12.2 Å². The Labute approximate surface area is 143 Å². The number of amides is 1. The maximum Gasteiger partial charge on any atom is 0.267 e. The molecule has 6 heteroatoms. The van der Waals surface area contributed by atoms with Crippen LogP contribution in [0, 0.1) is 0 Å². The van der Waals surface area contributed by atoms with E-state index in [-0.39, 0.29) is 11.5 Å². The summed E-state index contributed by atoms with van der Waals surface area (Å²) in [6, 6.07) is 15.9. The first kappa shape index (κ1) is 16.1. The molecule has 0 unspecified atom stereocenters. The molecule has 0 aliphatic heterocycles. The number of nitrogens with zero attached hydrogens (tertiary/aromatic N) is 2. The van der Waals surface area contributed by atoms with Crippen LogP contribution in [0.15, 0.2) is 64.8 Å². The topological polar surface area (TPSA) is 64.0 Å². The molecule has 0 aliphatic rings. The van der Waals surface area contributed by atoms with E-state index >= 15 is 0 Å². The molecule has 2 heterocycles. The lowest BCUT2D eigenvalue weighted by atomic mass is 10.1. The molecule has 0 fully saturated rings. The molecule has 24 heavy (non-hydrogen) atoms. The third kappa shape index (κ3) is 3.60. The molecule has 3 rings (SSSR count). The second kappa shape index (κ2) is 7.23. The van der Waals surface area contributed by atoms with E-state index in [1.165, 1.54) is 10.7 Å². The smallest absolute Gasteiger partial charge is 0.267 e. The van der Waals surface area contributed by atoms with Gasteiger partial charge in [-0.2, -0.15) is 5.10 Å². The van der Waals surface area contributed by atoms with Crippen LogP contribution in [-0.4, -0.2) is 15.7 Å². The van der Waals surface area contributed by atoms with Gasteiger partial charge in [-0.15, -0.1) is 11.3 Å². The Bertz CT molecular complexity index is 873. The van der Waals surface area contributed by atoms with E-state index < -0.39 is 6.04 Å². The second-order valence-corrected chi connectivity index (χ2v) is 6.37. The minimum Gasteiger partial charge on any atom is -0.349 e. The first-order valence-corrected chi connectivity index (χ1v) is 8.48. The minimum absolute atomic E-state index is 0.233. The summed E-state index contributed by atoms with van der Waals surface area (Å²) in [5.74, 6) is -0.233. The van der Waals surface area contributed by atoms with Crippen LogP contribution >= 0.6 is 11.3 Å². The van der Waals surface area contributed by atoms with Crippen molar-refractivity contribution in [3.63, 3.8) is 0 Å². The molecule has 0 radical (unpaired) electrons. The van der Waals surface area contributed by atoms with E-state index in [4.69, 9.17) is 0 Å². The van der Waals surface area contributed by atoms with Crippen molar-refractivity contribution in [2.45, 2.75) is 19.5 Å². The number of carbonyl (C=O) groups is 1.